The molecule has 9 heteroatoms. The maximum Gasteiger partial charge on any atom is 0.225 e. The number of hydrogen-bond donors (Lipinski definition) is 1. The van der Waals surface area contributed by atoms with Gasteiger partial charge in [0.2, 0.25) is 5.91 Å². The molecule has 33 heavy (non-hydrogen) atoms. The predicted octanol–water partition coefficient (Wildman–Crippen LogP) is 5.94. The zero-order valence-corrected chi connectivity index (χ0v) is 20.3. The zero-order valence-electron chi connectivity index (χ0n) is 17.9. The molecule has 0 aliphatic rings. The topological polar surface area (TPSA) is 89.0 Å². The van der Waals surface area contributed by atoms with Crippen molar-refractivity contribution in [3.05, 3.63) is 71.9 Å². The highest BCUT2D eigenvalue weighted by atomic mass is 35.5. The van der Waals surface area contributed by atoms with Gasteiger partial charge in [-0.3, -0.25) is 4.79 Å². The number of carbonyl (C=O) groups excluding carboxylic acids is 1. The average Bonchev–Trinajstić information content (AvgIpc) is 3.24. The number of carbonyl (C=O) groups is 1. The molecule has 2 aromatic heterocycles. The summed E-state index contributed by atoms with van der Waals surface area (Å²) in [5, 5.41) is 4.11. The van der Waals surface area contributed by atoms with Crippen molar-refractivity contribution in [2.45, 2.75) is 18.2 Å². The number of amides is 1. The van der Waals surface area contributed by atoms with Gasteiger partial charge in [-0.1, -0.05) is 42.8 Å². The van der Waals surface area contributed by atoms with Crippen LogP contribution in [0.5, 0.6) is 0 Å². The number of pyridine rings is 1. The van der Waals surface area contributed by atoms with Crippen LogP contribution in [0, 0.1) is 0 Å². The first-order valence-corrected chi connectivity index (χ1v) is 13.2. The van der Waals surface area contributed by atoms with Gasteiger partial charge in [-0.2, -0.15) is 0 Å². The van der Waals surface area contributed by atoms with Gasteiger partial charge in [0.15, 0.2) is 9.84 Å². The molecule has 1 N–H and O–H groups in total. The van der Waals surface area contributed by atoms with E-state index >= 15 is 0 Å². The summed E-state index contributed by atoms with van der Waals surface area (Å²) in [6, 6.07) is 17.8. The van der Waals surface area contributed by atoms with E-state index in [2.05, 4.69) is 10.3 Å². The Bertz CT molecular complexity index is 1430. The van der Waals surface area contributed by atoms with Crippen LogP contribution in [0.25, 0.3) is 32.3 Å². The third-order valence-corrected chi connectivity index (χ3v) is 7.38. The molecule has 4 aromatic rings. The quantitative estimate of drug-likeness (QED) is 0.356. The van der Waals surface area contributed by atoms with Gasteiger partial charge in [0.25, 0.3) is 0 Å². The number of nitrogens with zero attached hydrogens (tertiary/aromatic N) is 2. The van der Waals surface area contributed by atoms with Crippen LogP contribution in [-0.2, 0) is 14.6 Å². The van der Waals surface area contributed by atoms with Crippen molar-refractivity contribution in [1.82, 2.24) is 9.97 Å². The fraction of sp³-hybridized carbons (Fsp3) is 0.125. The SMILES string of the molecule is CCC(=O)Nc1cc(-c2sc(-c3ccc(S(C)(=O)=O)cc3)nc2-c2cccc(Cl)c2)ccn1. The van der Waals surface area contributed by atoms with Crippen molar-refractivity contribution < 1.29 is 13.2 Å². The number of sulfone groups is 1. The molecule has 0 saturated heterocycles. The lowest BCUT2D eigenvalue weighted by molar-refractivity contribution is -0.115. The lowest BCUT2D eigenvalue weighted by Crippen LogP contribution is -2.10. The normalized spacial score (nSPS) is 11.4. The molecule has 4 rings (SSSR count). The summed E-state index contributed by atoms with van der Waals surface area (Å²) in [6.45, 7) is 1.78. The molecular weight excluding hydrogens is 478 g/mol. The van der Waals surface area contributed by atoms with Gasteiger partial charge in [-0.25, -0.2) is 18.4 Å². The molecule has 0 radical (unpaired) electrons. The first kappa shape index (κ1) is 23.1. The van der Waals surface area contributed by atoms with Gasteiger partial charge in [-0.15, -0.1) is 11.3 Å². The predicted molar refractivity (Wildman–Crippen MR) is 133 cm³/mol. The second-order valence-corrected chi connectivity index (χ2v) is 10.8. The van der Waals surface area contributed by atoms with E-state index in [-0.39, 0.29) is 10.8 Å². The van der Waals surface area contributed by atoms with Crippen LogP contribution < -0.4 is 5.32 Å². The third kappa shape index (κ3) is 5.30. The van der Waals surface area contributed by atoms with Crippen LogP contribution >= 0.6 is 22.9 Å². The maximum absolute atomic E-state index is 11.8. The Morgan fingerprint density at radius 1 is 1.03 bits per heavy atom. The Morgan fingerprint density at radius 3 is 2.45 bits per heavy atom. The Labute approximate surface area is 201 Å². The number of halogens is 1. The minimum Gasteiger partial charge on any atom is -0.311 e. The highest BCUT2D eigenvalue weighted by molar-refractivity contribution is 7.90. The summed E-state index contributed by atoms with van der Waals surface area (Å²) >= 11 is 7.71. The van der Waals surface area contributed by atoms with Gasteiger partial charge in [0.1, 0.15) is 10.8 Å². The summed E-state index contributed by atoms with van der Waals surface area (Å²) in [5.74, 6) is 0.342. The number of benzene rings is 2. The molecule has 0 saturated carbocycles. The smallest absolute Gasteiger partial charge is 0.225 e. The Hall–Kier alpha value is -3.07. The number of aromatic nitrogens is 2. The summed E-state index contributed by atoms with van der Waals surface area (Å²) < 4.78 is 23.6. The van der Waals surface area contributed by atoms with Crippen LogP contribution in [0.2, 0.25) is 5.02 Å². The third-order valence-electron chi connectivity index (χ3n) is 4.87. The monoisotopic (exact) mass is 497 g/mol. The summed E-state index contributed by atoms with van der Waals surface area (Å²) in [7, 11) is -3.29. The first-order valence-electron chi connectivity index (χ1n) is 10.1. The van der Waals surface area contributed by atoms with E-state index in [1.54, 1.807) is 43.5 Å². The molecule has 0 unspecified atom stereocenters. The maximum atomic E-state index is 11.8. The zero-order chi connectivity index (χ0) is 23.6. The fourth-order valence-corrected chi connectivity index (χ4v) is 5.10. The van der Waals surface area contributed by atoms with Crippen molar-refractivity contribution in [2.24, 2.45) is 0 Å². The van der Waals surface area contributed by atoms with Gasteiger partial charge in [0.05, 0.1) is 15.5 Å². The van der Waals surface area contributed by atoms with Crippen molar-refractivity contribution in [3.8, 4) is 32.3 Å². The molecule has 168 valence electrons. The highest BCUT2D eigenvalue weighted by Crippen LogP contribution is 2.41. The molecular formula is C24H20ClN3O3S2. The molecule has 1 amide bonds. The summed E-state index contributed by atoms with van der Waals surface area (Å²) in [4.78, 5) is 22.1. The highest BCUT2D eigenvalue weighted by Gasteiger charge is 2.18. The minimum absolute atomic E-state index is 0.120. The fourth-order valence-electron chi connectivity index (χ4n) is 3.19. The van der Waals surface area contributed by atoms with Crippen LogP contribution in [0.15, 0.2) is 71.8 Å². The van der Waals surface area contributed by atoms with Crippen LogP contribution in [0.3, 0.4) is 0 Å². The minimum atomic E-state index is -3.29. The first-order chi connectivity index (χ1) is 15.7. The Kier molecular flexibility index (Phi) is 6.60. The van der Waals surface area contributed by atoms with Crippen molar-refractivity contribution in [1.29, 1.82) is 0 Å². The molecule has 0 bridgehead atoms. The molecule has 0 atom stereocenters. The van der Waals surface area contributed by atoms with E-state index in [9.17, 15) is 13.2 Å². The van der Waals surface area contributed by atoms with E-state index in [4.69, 9.17) is 16.6 Å². The largest absolute Gasteiger partial charge is 0.311 e. The Balaban J connectivity index is 1.83. The van der Waals surface area contributed by atoms with Crippen molar-refractivity contribution >= 4 is 44.5 Å². The van der Waals surface area contributed by atoms with Crippen molar-refractivity contribution in [2.75, 3.05) is 11.6 Å². The van der Waals surface area contributed by atoms with E-state index in [1.165, 1.54) is 17.6 Å². The second kappa shape index (κ2) is 9.43. The summed E-state index contributed by atoms with van der Waals surface area (Å²) in [5.41, 5.74) is 3.24. The van der Waals surface area contributed by atoms with E-state index < -0.39 is 9.84 Å². The summed E-state index contributed by atoms with van der Waals surface area (Å²) in [6.07, 6.45) is 3.18. The van der Waals surface area contributed by atoms with Gasteiger partial charge >= 0.3 is 0 Å². The standard InChI is InChI=1S/C24H20ClN3O3S2/c1-3-21(29)27-20-14-17(11-12-26-20)23-22(16-5-4-6-18(25)13-16)28-24(32-23)15-7-9-19(10-8-15)33(2,30)31/h4-14H,3H2,1-2H3,(H,26,27,29). The number of thiazole rings is 1. The van der Waals surface area contributed by atoms with Gasteiger partial charge in [-0.05, 0) is 42.0 Å². The van der Waals surface area contributed by atoms with E-state index in [0.717, 1.165) is 32.3 Å². The molecule has 2 heterocycles. The average molecular weight is 498 g/mol. The molecule has 0 spiro atoms. The number of anilines is 1. The number of nitrogens with one attached hydrogen (secondary N) is 1. The second-order valence-electron chi connectivity index (χ2n) is 7.34. The van der Waals surface area contributed by atoms with E-state index in [1.807, 2.05) is 30.3 Å². The molecule has 0 aliphatic carbocycles. The lowest BCUT2D eigenvalue weighted by Gasteiger charge is -2.06. The van der Waals surface area contributed by atoms with Crippen LogP contribution in [0.4, 0.5) is 5.82 Å². The molecule has 6 nitrogen and oxygen atoms in total. The van der Waals surface area contributed by atoms with Crippen molar-refractivity contribution in [3.63, 3.8) is 0 Å². The molecule has 0 aliphatic heterocycles. The van der Waals surface area contributed by atoms with E-state index in [0.29, 0.717) is 17.3 Å². The molecule has 0 fully saturated rings. The van der Waals surface area contributed by atoms with Gasteiger partial charge < -0.3 is 5.32 Å². The van der Waals surface area contributed by atoms with Crippen LogP contribution in [0.1, 0.15) is 13.3 Å². The lowest BCUT2D eigenvalue weighted by atomic mass is 10.1. The number of rotatable bonds is 6. The van der Waals surface area contributed by atoms with Crippen LogP contribution in [-0.4, -0.2) is 30.5 Å². The molecule has 2 aromatic carbocycles. The van der Waals surface area contributed by atoms with Gasteiger partial charge in [0, 0.05) is 35.0 Å². The number of hydrogen-bond acceptors (Lipinski definition) is 6. The Morgan fingerprint density at radius 2 is 1.79 bits per heavy atom.